The van der Waals surface area contributed by atoms with E-state index in [2.05, 4.69) is 68.1 Å². The normalized spacial score (nSPS) is 32.1. The minimum atomic E-state index is -2.26. The summed E-state index contributed by atoms with van der Waals surface area (Å²) in [6.45, 7) is 29.7. The van der Waals surface area contributed by atoms with Crippen LogP contribution in [0.3, 0.4) is 0 Å². The van der Waals surface area contributed by atoms with E-state index in [1.54, 1.807) is 14.0 Å². The number of rotatable bonds is 22. The summed E-state index contributed by atoms with van der Waals surface area (Å²) in [6, 6.07) is 2.67. The molecule has 0 aromatic rings. The maximum Gasteiger partial charge on any atom is 0.308 e. The first-order chi connectivity index (χ1) is 32.8. The number of hydrogen-bond donors (Lipinski definition) is 0. The van der Waals surface area contributed by atoms with Crippen molar-refractivity contribution in [3.63, 3.8) is 0 Å². The first kappa shape index (κ1) is 62.1. The van der Waals surface area contributed by atoms with Crippen LogP contribution >= 0.6 is 34.8 Å². The van der Waals surface area contributed by atoms with Crippen molar-refractivity contribution in [2.24, 2.45) is 11.8 Å². The standard InChI is InChI=1S/C51H85Cl3O15Si2/c1-16-71(17-2,18-3)69-48(12)25-41(66-50(30-48)27-40(62-35(7)56)21-38(65-50)24-45(59)61-31-51(52,53)54)19-32(4)33(5)46(63-36(8)57)34(6)44(58)23-37-20-39(60-13)26-49(64-37)28-42(22-43(29-55)67-49)68-70(14,15)47(9,10)11/h29,33-34,37-43,46H,4,16-28,30-31H2,1-3,5-15H3/t33-,34-,37-,38-,39+,40+,41+,42+,43-,46+,48+,49-,50-/m1/s1. The van der Waals surface area contributed by atoms with Gasteiger partial charge in [-0.15, -0.1) is 0 Å². The number of carbonyl (C=O) groups is 5. The Balaban J connectivity index is 1.60. The highest BCUT2D eigenvalue weighted by molar-refractivity contribution is 6.74. The fourth-order valence-corrected chi connectivity index (χ4v) is 15.6. The lowest BCUT2D eigenvalue weighted by atomic mass is 9.78. The third-order valence-corrected chi connectivity index (χ3v) is 25.3. The molecule has 0 aliphatic carbocycles. The number of ether oxygens (including phenoxy) is 8. The molecule has 4 aliphatic rings. The molecule has 0 radical (unpaired) electrons. The minimum Gasteiger partial charge on any atom is -0.462 e. The van der Waals surface area contributed by atoms with Crippen molar-refractivity contribution < 1.29 is 70.7 Å². The van der Waals surface area contributed by atoms with Gasteiger partial charge in [0.1, 0.15) is 37.0 Å². The fraction of sp³-hybridized carbons (Fsp3) is 0.863. The van der Waals surface area contributed by atoms with Gasteiger partial charge in [0.15, 0.2) is 28.2 Å². The van der Waals surface area contributed by atoms with E-state index in [4.69, 9.17) is 81.5 Å². The summed E-state index contributed by atoms with van der Waals surface area (Å²) in [5.74, 6) is -5.79. The molecule has 0 amide bonds. The van der Waals surface area contributed by atoms with Crippen LogP contribution in [0, 0.1) is 11.8 Å². The largest absolute Gasteiger partial charge is 0.462 e. The molecule has 0 bridgehead atoms. The van der Waals surface area contributed by atoms with Crippen LogP contribution in [-0.4, -0.2) is 130 Å². The van der Waals surface area contributed by atoms with Crippen LogP contribution in [0.4, 0.5) is 0 Å². The van der Waals surface area contributed by atoms with Crippen molar-refractivity contribution in [2.45, 2.75) is 253 Å². The summed E-state index contributed by atoms with van der Waals surface area (Å²) in [7, 11) is -2.88. The zero-order valence-corrected chi connectivity index (χ0v) is 49.2. The molecule has 0 aromatic carbocycles. The molecular weight excluding hydrogens is 1020 g/mol. The summed E-state index contributed by atoms with van der Waals surface area (Å²) in [5.41, 5.74) is -0.111. The maximum atomic E-state index is 14.5. The predicted molar refractivity (Wildman–Crippen MR) is 276 cm³/mol. The molecule has 13 atom stereocenters. The second-order valence-electron chi connectivity index (χ2n) is 22.6. The van der Waals surface area contributed by atoms with Gasteiger partial charge in [-0.3, -0.25) is 19.2 Å². The average Bonchev–Trinajstić information content (AvgIpc) is 3.24. The van der Waals surface area contributed by atoms with E-state index in [1.807, 2.05) is 6.92 Å². The van der Waals surface area contributed by atoms with E-state index >= 15 is 0 Å². The lowest BCUT2D eigenvalue weighted by Gasteiger charge is -2.55. The Morgan fingerprint density at radius 1 is 0.775 bits per heavy atom. The second kappa shape index (κ2) is 25.1. The molecule has 0 unspecified atom stereocenters. The Morgan fingerprint density at radius 3 is 1.89 bits per heavy atom. The van der Waals surface area contributed by atoms with Crippen LogP contribution in [0.2, 0.25) is 36.3 Å². The van der Waals surface area contributed by atoms with Gasteiger partial charge in [-0.2, -0.15) is 0 Å². The average molecular weight is 1100 g/mol. The number of carbonyl (C=O) groups excluding carboxylic acids is 5. The summed E-state index contributed by atoms with van der Waals surface area (Å²) in [4.78, 5) is 65.2. The Labute approximate surface area is 440 Å². The zero-order chi connectivity index (χ0) is 53.5. The third kappa shape index (κ3) is 17.5. The fourth-order valence-electron chi connectivity index (χ4n) is 11.0. The third-order valence-electron chi connectivity index (χ3n) is 15.6. The number of ketones is 1. The van der Waals surface area contributed by atoms with E-state index in [-0.39, 0.29) is 61.6 Å². The van der Waals surface area contributed by atoms with E-state index < -0.39 is 111 Å². The van der Waals surface area contributed by atoms with Crippen molar-refractivity contribution in [1.82, 2.24) is 0 Å². The monoisotopic (exact) mass is 1100 g/mol. The van der Waals surface area contributed by atoms with E-state index in [9.17, 15) is 24.0 Å². The highest BCUT2D eigenvalue weighted by atomic mass is 35.6. The predicted octanol–water partition coefficient (Wildman–Crippen LogP) is 10.8. The number of halogens is 3. The molecule has 4 aliphatic heterocycles. The molecule has 15 nitrogen and oxygen atoms in total. The van der Waals surface area contributed by atoms with Gasteiger partial charge < -0.3 is 51.5 Å². The number of hydrogen-bond acceptors (Lipinski definition) is 15. The first-order valence-corrected chi connectivity index (χ1v) is 32.2. The number of Topliss-reactive ketones (excluding diaryl/α,β-unsaturated/α-hetero) is 1. The zero-order valence-electron chi connectivity index (χ0n) is 44.9. The molecule has 20 heteroatoms. The van der Waals surface area contributed by atoms with Crippen LogP contribution in [0.1, 0.15) is 147 Å². The van der Waals surface area contributed by atoms with Gasteiger partial charge in [-0.25, -0.2) is 0 Å². The smallest absolute Gasteiger partial charge is 0.308 e. The maximum absolute atomic E-state index is 14.5. The molecule has 0 saturated carbocycles. The van der Waals surface area contributed by atoms with E-state index in [1.165, 1.54) is 13.8 Å². The Morgan fingerprint density at radius 2 is 1.34 bits per heavy atom. The molecule has 0 N–H and O–H groups in total. The molecular formula is C51H85Cl3O15Si2. The van der Waals surface area contributed by atoms with Gasteiger partial charge in [-0.05, 0) is 49.6 Å². The van der Waals surface area contributed by atoms with Crippen LogP contribution in [0.5, 0.6) is 0 Å². The molecule has 4 fully saturated rings. The summed E-state index contributed by atoms with van der Waals surface area (Å²) < 4.78 is 62.2. The second-order valence-corrected chi connectivity index (χ2v) is 34.5. The minimum absolute atomic E-state index is 0.0233. The number of esters is 3. The van der Waals surface area contributed by atoms with Crippen LogP contribution in [0.15, 0.2) is 12.2 Å². The van der Waals surface area contributed by atoms with E-state index in [0.29, 0.717) is 37.7 Å². The highest BCUT2D eigenvalue weighted by Gasteiger charge is 2.56. The van der Waals surface area contributed by atoms with Crippen LogP contribution in [0.25, 0.3) is 0 Å². The van der Waals surface area contributed by atoms with Gasteiger partial charge >= 0.3 is 17.9 Å². The lowest BCUT2D eigenvalue weighted by Crippen LogP contribution is -2.61. The van der Waals surface area contributed by atoms with Crippen molar-refractivity contribution >= 4 is 81.4 Å². The molecule has 71 heavy (non-hydrogen) atoms. The van der Waals surface area contributed by atoms with Crippen LogP contribution in [-0.2, 0) is 70.7 Å². The van der Waals surface area contributed by atoms with Gasteiger partial charge in [0.25, 0.3) is 0 Å². The Bertz CT molecular complexity index is 1850. The molecule has 2 spiro atoms. The van der Waals surface area contributed by atoms with Crippen molar-refractivity contribution in [1.29, 1.82) is 0 Å². The SMILES string of the molecule is C=C(C[C@H]1C[C@](C)(O[Si](CC)(CC)CC)C[C@@]2(C[C@@H](OC(C)=O)C[C@H](CC(=O)OCC(Cl)(Cl)Cl)O2)O1)[C@@H](C)[C@H](OC(C)=O)[C@H](C)C(=O)C[C@H]1C[C@H](OC)C[C@@]2(C[C@@H](O[Si](C)(C)C(C)(C)C)C[C@H](C=O)O2)O1. The summed E-state index contributed by atoms with van der Waals surface area (Å²) >= 11 is 17.6. The highest BCUT2D eigenvalue weighted by Crippen LogP contribution is 2.50. The van der Waals surface area contributed by atoms with E-state index in [0.717, 1.165) is 24.4 Å². The van der Waals surface area contributed by atoms with Gasteiger partial charge in [0.05, 0.1) is 48.5 Å². The Kier molecular flexibility index (Phi) is 21.9. The van der Waals surface area contributed by atoms with Crippen molar-refractivity contribution in [3.05, 3.63) is 12.2 Å². The molecule has 408 valence electrons. The quantitative estimate of drug-likeness (QED) is 0.0250. The lowest BCUT2D eigenvalue weighted by molar-refractivity contribution is -0.347. The Hall–Kier alpha value is -1.49. The molecule has 4 heterocycles. The van der Waals surface area contributed by atoms with Crippen molar-refractivity contribution in [2.75, 3.05) is 13.7 Å². The topological polar surface area (TPSA) is 178 Å². The van der Waals surface area contributed by atoms with Gasteiger partial charge in [-0.1, -0.05) is 102 Å². The summed E-state index contributed by atoms with van der Waals surface area (Å²) in [5, 5.41) is -0.0606. The number of aldehydes is 1. The van der Waals surface area contributed by atoms with Gasteiger partial charge in [0, 0.05) is 84.7 Å². The first-order valence-electron chi connectivity index (χ1n) is 25.6. The van der Waals surface area contributed by atoms with Crippen molar-refractivity contribution in [3.8, 4) is 0 Å². The number of alkyl halides is 3. The summed E-state index contributed by atoms with van der Waals surface area (Å²) in [6.07, 6.45) is -1.42. The molecule has 4 rings (SSSR count). The molecule has 4 saturated heterocycles. The van der Waals surface area contributed by atoms with Crippen LogP contribution < -0.4 is 0 Å². The molecule has 0 aromatic heterocycles. The number of methoxy groups -OCH3 is 1. The van der Waals surface area contributed by atoms with Gasteiger partial charge in [0.2, 0.25) is 3.79 Å².